The van der Waals surface area contributed by atoms with Crippen molar-refractivity contribution in [3.05, 3.63) is 28.8 Å². The SMILES string of the molecule is N/C(=N/O)c1cc(Cl)ccc1N(CCO)CC(F)F. The Morgan fingerprint density at radius 2 is 2.16 bits per heavy atom. The predicted molar refractivity (Wildman–Crippen MR) is 69.3 cm³/mol. The van der Waals surface area contributed by atoms with E-state index in [0.717, 1.165) is 0 Å². The Balaban J connectivity index is 3.21. The highest BCUT2D eigenvalue weighted by Crippen LogP contribution is 2.25. The van der Waals surface area contributed by atoms with E-state index in [-0.39, 0.29) is 24.6 Å². The van der Waals surface area contributed by atoms with Crippen LogP contribution in [0.5, 0.6) is 0 Å². The van der Waals surface area contributed by atoms with E-state index in [9.17, 15) is 8.78 Å². The zero-order chi connectivity index (χ0) is 14.4. The van der Waals surface area contributed by atoms with Crippen molar-refractivity contribution in [1.29, 1.82) is 0 Å². The molecule has 1 rings (SSSR count). The van der Waals surface area contributed by atoms with Gasteiger partial charge in [0, 0.05) is 22.8 Å². The molecule has 5 nitrogen and oxygen atoms in total. The second kappa shape index (κ2) is 7.10. The lowest BCUT2D eigenvalue weighted by atomic mass is 10.1. The van der Waals surface area contributed by atoms with E-state index in [1.807, 2.05) is 0 Å². The molecule has 0 saturated heterocycles. The minimum Gasteiger partial charge on any atom is -0.409 e. The highest BCUT2D eigenvalue weighted by Gasteiger charge is 2.17. The highest BCUT2D eigenvalue weighted by molar-refractivity contribution is 6.31. The Labute approximate surface area is 113 Å². The molecule has 106 valence electrons. The first-order valence-electron chi connectivity index (χ1n) is 5.41. The summed E-state index contributed by atoms with van der Waals surface area (Å²) in [6.07, 6.45) is -2.58. The zero-order valence-corrected chi connectivity index (χ0v) is 10.7. The molecule has 0 bridgehead atoms. The van der Waals surface area contributed by atoms with Crippen LogP contribution in [0.25, 0.3) is 0 Å². The van der Waals surface area contributed by atoms with Gasteiger partial charge in [0.25, 0.3) is 6.43 Å². The third kappa shape index (κ3) is 4.22. The summed E-state index contributed by atoms with van der Waals surface area (Å²) in [5, 5.41) is 20.8. The number of hydrogen-bond acceptors (Lipinski definition) is 4. The number of aliphatic hydroxyl groups is 1. The first-order valence-corrected chi connectivity index (χ1v) is 5.78. The van der Waals surface area contributed by atoms with E-state index in [4.69, 9.17) is 27.6 Å². The monoisotopic (exact) mass is 293 g/mol. The van der Waals surface area contributed by atoms with Crippen LogP contribution in [-0.4, -0.2) is 42.3 Å². The molecule has 0 aliphatic heterocycles. The molecule has 0 aliphatic carbocycles. The van der Waals surface area contributed by atoms with Crippen LogP contribution in [0.2, 0.25) is 5.02 Å². The molecule has 0 amide bonds. The van der Waals surface area contributed by atoms with Gasteiger partial charge in [-0.2, -0.15) is 0 Å². The van der Waals surface area contributed by atoms with Gasteiger partial charge in [-0.3, -0.25) is 0 Å². The molecule has 0 fully saturated rings. The van der Waals surface area contributed by atoms with Gasteiger partial charge in [0.2, 0.25) is 0 Å². The minimum atomic E-state index is -2.58. The van der Waals surface area contributed by atoms with Crippen LogP contribution in [0.15, 0.2) is 23.4 Å². The van der Waals surface area contributed by atoms with Gasteiger partial charge in [-0.15, -0.1) is 0 Å². The minimum absolute atomic E-state index is 0.00230. The molecule has 1 aromatic carbocycles. The summed E-state index contributed by atoms with van der Waals surface area (Å²) < 4.78 is 25.1. The van der Waals surface area contributed by atoms with Gasteiger partial charge in [-0.25, -0.2) is 8.78 Å². The Morgan fingerprint density at radius 1 is 1.47 bits per heavy atom. The smallest absolute Gasteiger partial charge is 0.255 e. The summed E-state index contributed by atoms with van der Waals surface area (Å²) in [5.74, 6) is -0.241. The quantitative estimate of drug-likeness (QED) is 0.321. The molecule has 4 N–H and O–H groups in total. The van der Waals surface area contributed by atoms with Crippen LogP contribution in [0, 0.1) is 0 Å². The van der Waals surface area contributed by atoms with E-state index in [2.05, 4.69) is 5.16 Å². The normalized spacial score (nSPS) is 11.9. The number of halogens is 3. The van der Waals surface area contributed by atoms with Crippen molar-refractivity contribution in [1.82, 2.24) is 0 Å². The van der Waals surface area contributed by atoms with E-state index >= 15 is 0 Å². The number of benzene rings is 1. The van der Waals surface area contributed by atoms with E-state index in [1.54, 1.807) is 0 Å². The molecule has 0 radical (unpaired) electrons. The molecule has 0 heterocycles. The Kier molecular flexibility index (Phi) is 5.78. The molecule has 8 heteroatoms. The van der Waals surface area contributed by atoms with Crippen LogP contribution >= 0.6 is 11.6 Å². The summed E-state index contributed by atoms with van der Waals surface area (Å²) in [6.45, 7) is -0.878. The number of hydrogen-bond donors (Lipinski definition) is 3. The fraction of sp³-hybridized carbons (Fsp3) is 0.364. The number of rotatable bonds is 6. The number of oxime groups is 1. The molecular formula is C11H14ClF2N3O2. The van der Waals surface area contributed by atoms with Crippen LogP contribution in [0.1, 0.15) is 5.56 Å². The number of anilines is 1. The second-order valence-corrected chi connectivity index (χ2v) is 4.14. The first kappa shape index (κ1) is 15.5. The molecule has 0 spiro atoms. The summed E-state index contributed by atoms with van der Waals surface area (Å²) in [6, 6.07) is 4.39. The zero-order valence-electron chi connectivity index (χ0n) is 9.93. The molecule has 0 aromatic heterocycles. The summed E-state index contributed by atoms with van der Waals surface area (Å²) >= 11 is 5.80. The third-order valence-electron chi connectivity index (χ3n) is 2.41. The number of alkyl halides is 2. The van der Waals surface area contributed by atoms with Gasteiger partial charge >= 0.3 is 0 Å². The van der Waals surface area contributed by atoms with Crippen LogP contribution in [0.3, 0.4) is 0 Å². The summed E-state index contributed by atoms with van der Waals surface area (Å²) in [7, 11) is 0. The molecule has 1 aromatic rings. The molecule has 0 saturated carbocycles. The third-order valence-corrected chi connectivity index (χ3v) is 2.65. The summed E-state index contributed by atoms with van der Waals surface area (Å²) in [5.41, 5.74) is 6.03. The van der Waals surface area contributed by atoms with Crippen molar-refractivity contribution in [2.45, 2.75) is 6.43 Å². The fourth-order valence-corrected chi connectivity index (χ4v) is 1.81. The average molecular weight is 294 g/mol. The second-order valence-electron chi connectivity index (χ2n) is 3.71. The van der Waals surface area contributed by atoms with Crippen LogP contribution in [0.4, 0.5) is 14.5 Å². The largest absolute Gasteiger partial charge is 0.409 e. The first-order chi connectivity index (χ1) is 8.99. The number of amidine groups is 1. The van der Waals surface area contributed by atoms with Crippen molar-refractivity contribution < 1.29 is 19.1 Å². The maximum absolute atomic E-state index is 12.5. The average Bonchev–Trinajstić information content (AvgIpc) is 2.36. The Morgan fingerprint density at radius 3 is 2.68 bits per heavy atom. The van der Waals surface area contributed by atoms with Gasteiger partial charge in [0.15, 0.2) is 5.84 Å². The number of aliphatic hydroxyl groups excluding tert-OH is 1. The lowest BCUT2D eigenvalue weighted by Gasteiger charge is -2.25. The molecule has 0 aliphatic rings. The predicted octanol–water partition coefficient (Wildman–Crippen LogP) is 1.50. The van der Waals surface area contributed by atoms with Crippen molar-refractivity contribution in [2.75, 3.05) is 24.6 Å². The van der Waals surface area contributed by atoms with Gasteiger partial charge in [0.1, 0.15) is 0 Å². The lowest BCUT2D eigenvalue weighted by molar-refractivity contribution is 0.153. The molecule has 19 heavy (non-hydrogen) atoms. The van der Waals surface area contributed by atoms with Crippen molar-refractivity contribution >= 4 is 23.1 Å². The molecule has 0 atom stereocenters. The Bertz CT molecular complexity index is 458. The summed E-state index contributed by atoms with van der Waals surface area (Å²) in [4.78, 5) is 1.24. The molecular weight excluding hydrogens is 280 g/mol. The molecule has 0 unspecified atom stereocenters. The van der Waals surface area contributed by atoms with E-state index < -0.39 is 13.0 Å². The van der Waals surface area contributed by atoms with Crippen molar-refractivity contribution in [3.8, 4) is 0 Å². The van der Waals surface area contributed by atoms with E-state index in [1.165, 1.54) is 23.1 Å². The maximum atomic E-state index is 12.5. The van der Waals surface area contributed by atoms with Gasteiger partial charge in [-0.05, 0) is 18.2 Å². The maximum Gasteiger partial charge on any atom is 0.255 e. The fourth-order valence-electron chi connectivity index (χ4n) is 1.64. The van der Waals surface area contributed by atoms with Crippen molar-refractivity contribution in [3.63, 3.8) is 0 Å². The lowest BCUT2D eigenvalue weighted by Crippen LogP contribution is -2.33. The van der Waals surface area contributed by atoms with Gasteiger partial charge in [-0.1, -0.05) is 16.8 Å². The van der Waals surface area contributed by atoms with Crippen molar-refractivity contribution in [2.24, 2.45) is 10.9 Å². The topological polar surface area (TPSA) is 82.1 Å². The van der Waals surface area contributed by atoms with Crippen LogP contribution < -0.4 is 10.6 Å². The Hall–Kier alpha value is -1.60. The standard InChI is InChI=1S/C11H14ClF2N3O2/c12-7-1-2-9(8(5-7)11(15)16-19)17(3-4-18)6-10(13)14/h1-2,5,10,18-19H,3-4,6H2,(H2,15,16). The highest BCUT2D eigenvalue weighted by atomic mass is 35.5. The van der Waals surface area contributed by atoms with Gasteiger partial charge in [0.05, 0.1) is 13.2 Å². The number of nitrogens with two attached hydrogens (primary N) is 1. The van der Waals surface area contributed by atoms with Gasteiger partial charge < -0.3 is 20.9 Å². The number of nitrogens with zero attached hydrogens (tertiary/aromatic N) is 2. The van der Waals surface area contributed by atoms with E-state index in [0.29, 0.717) is 10.7 Å². The van der Waals surface area contributed by atoms with Crippen LogP contribution in [-0.2, 0) is 0 Å².